The molecule has 2 heterocycles. The van der Waals surface area contributed by atoms with E-state index in [-0.39, 0.29) is 6.04 Å². The van der Waals surface area contributed by atoms with Crippen LogP contribution in [0.1, 0.15) is 19.3 Å². The highest BCUT2D eigenvalue weighted by molar-refractivity contribution is 5.92. The lowest BCUT2D eigenvalue weighted by molar-refractivity contribution is 0.370. The first-order chi connectivity index (χ1) is 5.79. The average molecular weight is 166 g/mol. The first kappa shape index (κ1) is 7.58. The second kappa shape index (κ2) is 2.77. The van der Waals surface area contributed by atoms with Gasteiger partial charge in [0.1, 0.15) is 5.84 Å². The van der Waals surface area contributed by atoms with Gasteiger partial charge in [-0.2, -0.15) is 0 Å². The number of nitrogens with zero attached hydrogens (tertiary/aromatic N) is 2. The fraction of sp³-hybridized carbons (Fsp3) is 0.750. The van der Waals surface area contributed by atoms with E-state index in [1.807, 2.05) is 0 Å². The third kappa shape index (κ3) is 1.07. The maximum absolute atomic E-state index is 7.42. The lowest BCUT2D eigenvalue weighted by Gasteiger charge is -2.31. The standard InChI is InChI=1S/C8H14N4/c9-8(10)6-3-4-11-7-2-1-5-12(6)7/h6H,1-5H2,(H3,9,10). The van der Waals surface area contributed by atoms with Crippen LogP contribution in [0.15, 0.2) is 4.99 Å². The first-order valence-electron chi connectivity index (χ1n) is 4.43. The Balaban J connectivity index is 2.19. The van der Waals surface area contributed by atoms with Crippen molar-refractivity contribution in [3.05, 3.63) is 0 Å². The molecular formula is C8H14N4. The monoisotopic (exact) mass is 166 g/mol. The van der Waals surface area contributed by atoms with E-state index in [1.165, 1.54) is 12.3 Å². The Labute approximate surface area is 72.0 Å². The molecule has 0 aromatic carbocycles. The Kier molecular flexibility index (Phi) is 1.75. The summed E-state index contributed by atoms with van der Waals surface area (Å²) in [6.07, 6.45) is 3.16. The van der Waals surface area contributed by atoms with Crippen LogP contribution in [0.25, 0.3) is 0 Å². The molecule has 2 rings (SSSR count). The van der Waals surface area contributed by atoms with Crippen molar-refractivity contribution < 1.29 is 0 Å². The number of nitrogens with one attached hydrogen (secondary N) is 1. The Morgan fingerprint density at radius 3 is 3.25 bits per heavy atom. The van der Waals surface area contributed by atoms with Crippen LogP contribution in [0.2, 0.25) is 0 Å². The van der Waals surface area contributed by atoms with Crippen LogP contribution in [-0.4, -0.2) is 35.7 Å². The SMILES string of the molecule is N=C(N)C1CCN=C2CCCN21. The van der Waals surface area contributed by atoms with Crippen molar-refractivity contribution >= 4 is 11.7 Å². The van der Waals surface area contributed by atoms with Crippen LogP contribution in [-0.2, 0) is 0 Å². The minimum absolute atomic E-state index is 0.139. The molecule has 0 aromatic rings. The second-order valence-electron chi connectivity index (χ2n) is 3.35. The summed E-state index contributed by atoms with van der Waals surface area (Å²) >= 11 is 0. The van der Waals surface area contributed by atoms with Gasteiger partial charge in [-0.25, -0.2) is 0 Å². The Morgan fingerprint density at radius 1 is 1.67 bits per heavy atom. The molecule has 0 radical (unpaired) electrons. The second-order valence-corrected chi connectivity index (χ2v) is 3.35. The lowest BCUT2D eigenvalue weighted by atomic mass is 10.1. The number of amidine groups is 2. The molecule has 0 bridgehead atoms. The van der Waals surface area contributed by atoms with Gasteiger partial charge in [-0.3, -0.25) is 10.4 Å². The Hall–Kier alpha value is -1.06. The third-order valence-electron chi connectivity index (χ3n) is 2.56. The van der Waals surface area contributed by atoms with E-state index >= 15 is 0 Å². The number of hydrogen-bond acceptors (Lipinski definition) is 3. The van der Waals surface area contributed by atoms with E-state index in [0.717, 1.165) is 25.9 Å². The van der Waals surface area contributed by atoms with Gasteiger partial charge in [-0.05, 0) is 12.8 Å². The lowest BCUT2D eigenvalue weighted by Crippen LogP contribution is -2.47. The van der Waals surface area contributed by atoms with E-state index in [9.17, 15) is 0 Å². The Bertz CT molecular complexity index is 233. The van der Waals surface area contributed by atoms with Gasteiger partial charge in [0.05, 0.1) is 11.9 Å². The summed E-state index contributed by atoms with van der Waals surface area (Å²) in [5.41, 5.74) is 5.51. The molecule has 0 amide bonds. The summed E-state index contributed by atoms with van der Waals surface area (Å²) in [4.78, 5) is 6.60. The summed E-state index contributed by atoms with van der Waals surface area (Å²) in [6, 6.07) is 0.139. The minimum Gasteiger partial charge on any atom is -0.386 e. The highest BCUT2D eigenvalue weighted by Gasteiger charge is 2.30. The van der Waals surface area contributed by atoms with Crippen molar-refractivity contribution in [2.24, 2.45) is 10.7 Å². The molecule has 0 aliphatic carbocycles. The van der Waals surface area contributed by atoms with Crippen molar-refractivity contribution in [2.75, 3.05) is 13.1 Å². The van der Waals surface area contributed by atoms with Crippen molar-refractivity contribution in [1.82, 2.24) is 4.90 Å². The molecule has 1 saturated heterocycles. The predicted molar refractivity (Wildman–Crippen MR) is 48.6 cm³/mol. The van der Waals surface area contributed by atoms with Gasteiger partial charge in [0.2, 0.25) is 0 Å². The van der Waals surface area contributed by atoms with Crippen LogP contribution >= 0.6 is 0 Å². The molecule has 2 aliphatic heterocycles. The van der Waals surface area contributed by atoms with Crippen LogP contribution in [0, 0.1) is 5.41 Å². The van der Waals surface area contributed by atoms with E-state index in [4.69, 9.17) is 11.1 Å². The average Bonchev–Trinajstić information content (AvgIpc) is 2.49. The molecular weight excluding hydrogens is 152 g/mol. The topological polar surface area (TPSA) is 65.5 Å². The number of nitrogens with two attached hydrogens (primary N) is 1. The molecule has 0 aromatic heterocycles. The van der Waals surface area contributed by atoms with Gasteiger partial charge >= 0.3 is 0 Å². The van der Waals surface area contributed by atoms with E-state index in [2.05, 4.69) is 9.89 Å². The van der Waals surface area contributed by atoms with Gasteiger partial charge in [-0.15, -0.1) is 0 Å². The Morgan fingerprint density at radius 2 is 2.50 bits per heavy atom. The van der Waals surface area contributed by atoms with Gasteiger partial charge in [0.25, 0.3) is 0 Å². The van der Waals surface area contributed by atoms with Crippen LogP contribution in [0.4, 0.5) is 0 Å². The summed E-state index contributed by atoms with van der Waals surface area (Å²) in [5, 5.41) is 7.42. The number of hydrogen-bond donors (Lipinski definition) is 2. The van der Waals surface area contributed by atoms with Crippen molar-refractivity contribution in [2.45, 2.75) is 25.3 Å². The summed E-state index contributed by atoms with van der Waals surface area (Å²) in [6.45, 7) is 1.87. The molecule has 1 unspecified atom stereocenters. The van der Waals surface area contributed by atoms with E-state index in [1.54, 1.807) is 0 Å². The van der Waals surface area contributed by atoms with Gasteiger partial charge in [0.15, 0.2) is 0 Å². The number of fused-ring (bicyclic) bond motifs is 1. The highest BCUT2D eigenvalue weighted by Crippen LogP contribution is 2.20. The normalized spacial score (nSPS) is 28.2. The summed E-state index contributed by atoms with van der Waals surface area (Å²) in [7, 11) is 0. The molecule has 1 fully saturated rings. The summed E-state index contributed by atoms with van der Waals surface area (Å²) < 4.78 is 0. The van der Waals surface area contributed by atoms with E-state index < -0.39 is 0 Å². The predicted octanol–water partition coefficient (Wildman–Crippen LogP) is 0.189. The molecule has 0 saturated carbocycles. The maximum Gasteiger partial charge on any atom is 0.114 e. The van der Waals surface area contributed by atoms with Crippen LogP contribution < -0.4 is 5.73 Å². The summed E-state index contributed by atoms with van der Waals surface area (Å²) in [5.74, 6) is 1.46. The third-order valence-corrected chi connectivity index (χ3v) is 2.56. The zero-order chi connectivity index (χ0) is 8.55. The quantitative estimate of drug-likeness (QED) is 0.431. The molecule has 4 nitrogen and oxygen atoms in total. The van der Waals surface area contributed by atoms with Gasteiger partial charge in [0, 0.05) is 19.5 Å². The molecule has 4 heteroatoms. The van der Waals surface area contributed by atoms with Crippen LogP contribution in [0.3, 0.4) is 0 Å². The van der Waals surface area contributed by atoms with E-state index in [0.29, 0.717) is 5.84 Å². The minimum atomic E-state index is 0.139. The van der Waals surface area contributed by atoms with Crippen molar-refractivity contribution in [3.8, 4) is 0 Å². The van der Waals surface area contributed by atoms with Crippen molar-refractivity contribution in [1.29, 1.82) is 5.41 Å². The first-order valence-corrected chi connectivity index (χ1v) is 4.43. The fourth-order valence-corrected chi connectivity index (χ4v) is 1.98. The van der Waals surface area contributed by atoms with Crippen LogP contribution in [0.5, 0.6) is 0 Å². The van der Waals surface area contributed by atoms with Gasteiger partial charge in [-0.1, -0.05) is 0 Å². The number of rotatable bonds is 1. The highest BCUT2D eigenvalue weighted by atomic mass is 15.3. The largest absolute Gasteiger partial charge is 0.386 e. The molecule has 66 valence electrons. The van der Waals surface area contributed by atoms with Crippen molar-refractivity contribution in [3.63, 3.8) is 0 Å². The fourth-order valence-electron chi connectivity index (χ4n) is 1.98. The zero-order valence-corrected chi connectivity index (χ0v) is 7.08. The molecule has 12 heavy (non-hydrogen) atoms. The zero-order valence-electron chi connectivity index (χ0n) is 7.08. The number of aliphatic imine (C=N–C) groups is 1. The molecule has 2 aliphatic rings. The maximum atomic E-state index is 7.42. The molecule has 1 atom stereocenters. The smallest absolute Gasteiger partial charge is 0.114 e. The molecule has 0 spiro atoms. The van der Waals surface area contributed by atoms with Gasteiger partial charge < -0.3 is 10.6 Å². The molecule has 3 N–H and O–H groups in total.